The number of hydrogen-bond acceptors (Lipinski definition) is 1. The summed E-state index contributed by atoms with van der Waals surface area (Å²) < 4.78 is 11.7. The van der Waals surface area contributed by atoms with Crippen LogP contribution in [-0.4, -0.2) is 9.13 Å². The molecule has 0 unspecified atom stereocenters. The lowest BCUT2D eigenvalue weighted by Crippen LogP contribution is -2.00. The number of para-hydroxylation sites is 3. The normalized spacial score (nSPS) is 11.9. The van der Waals surface area contributed by atoms with Crippen molar-refractivity contribution in [2.75, 3.05) is 0 Å². The topological polar surface area (TPSA) is 23.0 Å². The van der Waals surface area contributed by atoms with Crippen LogP contribution in [0.1, 0.15) is 0 Å². The maximum atomic E-state index is 6.86. The predicted molar refractivity (Wildman–Crippen MR) is 213 cm³/mol. The van der Waals surface area contributed by atoms with E-state index in [4.69, 9.17) is 4.42 Å². The Labute approximate surface area is 293 Å². The molecule has 3 heterocycles. The van der Waals surface area contributed by atoms with Crippen LogP contribution >= 0.6 is 0 Å². The lowest BCUT2D eigenvalue weighted by Gasteiger charge is -2.15. The number of fused-ring (bicyclic) bond motifs is 10. The third kappa shape index (κ3) is 4.12. The molecule has 238 valence electrons. The van der Waals surface area contributed by atoms with Crippen LogP contribution in [0, 0.1) is 0 Å². The molecule has 0 bridgehead atoms. The predicted octanol–water partition coefficient (Wildman–Crippen LogP) is 13.1. The minimum atomic E-state index is 0.891. The Hall–Kier alpha value is -6.84. The molecule has 51 heavy (non-hydrogen) atoms. The first-order valence-corrected chi connectivity index (χ1v) is 17.4. The standard InChI is InChI=1S/C48H30N2O/c1-3-13-31(14-4-1)33-17-11-18-35(29-33)49-43-27-26-38-40-30-34(32-15-5-2-6-16-32)25-28-45(40)51-48(38)46(43)39-21-12-24-44(47(39)49)50-41-22-9-7-19-36(41)37-20-8-10-23-42(37)50/h1-30H. The van der Waals surface area contributed by atoms with E-state index in [1.807, 2.05) is 0 Å². The maximum Gasteiger partial charge on any atom is 0.145 e. The minimum Gasteiger partial charge on any atom is -0.455 e. The summed E-state index contributed by atoms with van der Waals surface area (Å²) in [7, 11) is 0. The SMILES string of the molecule is c1ccc(-c2cccc(-n3c4ccc5c6cc(-c7ccccc7)ccc6oc5c4c4cccc(-n5c6ccccc6c6ccccc65)c43)c2)cc1. The van der Waals surface area contributed by atoms with Gasteiger partial charge in [0.05, 0.1) is 33.1 Å². The van der Waals surface area contributed by atoms with Gasteiger partial charge in [0, 0.05) is 32.6 Å². The number of furan rings is 1. The van der Waals surface area contributed by atoms with Crippen LogP contribution in [0.25, 0.3) is 99.2 Å². The molecular weight excluding hydrogens is 621 g/mol. The van der Waals surface area contributed by atoms with E-state index in [1.165, 1.54) is 44.1 Å². The Kier molecular flexibility index (Phi) is 5.96. The highest BCUT2D eigenvalue weighted by Crippen LogP contribution is 2.44. The van der Waals surface area contributed by atoms with Gasteiger partial charge in [-0.1, -0.05) is 127 Å². The van der Waals surface area contributed by atoms with Crippen LogP contribution in [-0.2, 0) is 0 Å². The van der Waals surface area contributed by atoms with E-state index in [1.54, 1.807) is 0 Å². The van der Waals surface area contributed by atoms with Crippen molar-refractivity contribution in [3.63, 3.8) is 0 Å². The molecule has 0 aliphatic heterocycles. The smallest absolute Gasteiger partial charge is 0.145 e. The van der Waals surface area contributed by atoms with Crippen LogP contribution in [0.2, 0.25) is 0 Å². The highest BCUT2D eigenvalue weighted by molar-refractivity contribution is 6.25. The summed E-state index contributed by atoms with van der Waals surface area (Å²) in [5.74, 6) is 0. The van der Waals surface area contributed by atoms with E-state index in [0.29, 0.717) is 0 Å². The van der Waals surface area contributed by atoms with Crippen LogP contribution in [0.15, 0.2) is 186 Å². The zero-order valence-corrected chi connectivity index (χ0v) is 27.6. The third-order valence-electron chi connectivity index (χ3n) is 10.5. The summed E-state index contributed by atoms with van der Waals surface area (Å²) in [6.07, 6.45) is 0. The first kappa shape index (κ1) is 28.0. The first-order valence-electron chi connectivity index (χ1n) is 17.4. The van der Waals surface area contributed by atoms with Crippen LogP contribution in [0.4, 0.5) is 0 Å². The molecule has 8 aromatic carbocycles. The fourth-order valence-corrected chi connectivity index (χ4v) is 8.26. The van der Waals surface area contributed by atoms with Crippen molar-refractivity contribution in [1.82, 2.24) is 9.13 Å². The Morgan fingerprint density at radius 1 is 0.353 bits per heavy atom. The van der Waals surface area contributed by atoms with E-state index >= 15 is 0 Å². The second kappa shape index (κ2) is 10.8. The molecule has 0 spiro atoms. The molecule has 0 aliphatic carbocycles. The van der Waals surface area contributed by atoms with Crippen LogP contribution in [0.5, 0.6) is 0 Å². The number of aromatic nitrogens is 2. The van der Waals surface area contributed by atoms with E-state index in [9.17, 15) is 0 Å². The molecule has 3 aromatic heterocycles. The van der Waals surface area contributed by atoms with Gasteiger partial charge in [-0.05, 0) is 76.9 Å². The zero-order chi connectivity index (χ0) is 33.5. The highest BCUT2D eigenvalue weighted by Gasteiger charge is 2.23. The Bertz CT molecular complexity index is 3070. The molecule has 3 nitrogen and oxygen atoms in total. The van der Waals surface area contributed by atoms with Crippen molar-refractivity contribution in [2.45, 2.75) is 0 Å². The average molecular weight is 651 g/mol. The number of benzene rings is 8. The van der Waals surface area contributed by atoms with Gasteiger partial charge in [0.2, 0.25) is 0 Å². The van der Waals surface area contributed by atoms with Gasteiger partial charge >= 0.3 is 0 Å². The van der Waals surface area contributed by atoms with Gasteiger partial charge in [0.25, 0.3) is 0 Å². The molecule has 0 amide bonds. The molecule has 0 atom stereocenters. The third-order valence-corrected chi connectivity index (χ3v) is 10.5. The molecule has 11 rings (SSSR count). The summed E-state index contributed by atoms with van der Waals surface area (Å²) in [4.78, 5) is 0. The van der Waals surface area contributed by atoms with Crippen molar-refractivity contribution in [1.29, 1.82) is 0 Å². The number of hydrogen-bond donors (Lipinski definition) is 0. The Morgan fingerprint density at radius 2 is 0.961 bits per heavy atom. The lowest BCUT2D eigenvalue weighted by molar-refractivity contribution is 0.673. The quantitative estimate of drug-likeness (QED) is 0.186. The van der Waals surface area contributed by atoms with Gasteiger partial charge in [-0.3, -0.25) is 0 Å². The van der Waals surface area contributed by atoms with Gasteiger partial charge in [-0.15, -0.1) is 0 Å². The summed E-state index contributed by atoms with van der Waals surface area (Å²) in [6, 6.07) is 65.4. The molecule has 0 aliphatic rings. The molecule has 0 saturated heterocycles. The second-order valence-electron chi connectivity index (χ2n) is 13.3. The first-order chi connectivity index (χ1) is 25.3. The van der Waals surface area contributed by atoms with E-state index in [-0.39, 0.29) is 0 Å². The molecular formula is C48H30N2O. The van der Waals surface area contributed by atoms with Crippen molar-refractivity contribution in [3.8, 4) is 33.6 Å². The fraction of sp³-hybridized carbons (Fsp3) is 0. The van der Waals surface area contributed by atoms with E-state index < -0.39 is 0 Å². The van der Waals surface area contributed by atoms with Gasteiger partial charge < -0.3 is 13.6 Å². The number of nitrogens with zero attached hydrogens (tertiary/aromatic N) is 2. The zero-order valence-electron chi connectivity index (χ0n) is 27.6. The van der Waals surface area contributed by atoms with E-state index in [0.717, 1.165) is 55.1 Å². The van der Waals surface area contributed by atoms with Gasteiger partial charge in [0.15, 0.2) is 0 Å². The largest absolute Gasteiger partial charge is 0.455 e. The van der Waals surface area contributed by atoms with Crippen molar-refractivity contribution >= 4 is 65.6 Å². The highest BCUT2D eigenvalue weighted by atomic mass is 16.3. The molecule has 11 aromatic rings. The molecule has 0 radical (unpaired) electrons. The van der Waals surface area contributed by atoms with Crippen LogP contribution < -0.4 is 0 Å². The summed E-state index contributed by atoms with van der Waals surface area (Å²) in [5, 5.41) is 7.00. The van der Waals surface area contributed by atoms with Gasteiger partial charge in [-0.2, -0.15) is 0 Å². The molecule has 3 heteroatoms. The van der Waals surface area contributed by atoms with Gasteiger partial charge in [-0.25, -0.2) is 0 Å². The van der Waals surface area contributed by atoms with E-state index in [2.05, 4.69) is 191 Å². The Morgan fingerprint density at radius 3 is 1.69 bits per heavy atom. The summed E-state index contributed by atoms with van der Waals surface area (Å²) in [5.41, 5.74) is 13.4. The van der Waals surface area contributed by atoms with Crippen molar-refractivity contribution < 1.29 is 4.42 Å². The average Bonchev–Trinajstić information content (AvgIpc) is 3.86. The maximum absolute atomic E-state index is 6.86. The minimum absolute atomic E-state index is 0.891. The number of rotatable bonds is 4. The Balaban J connectivity index is 1.28. The van der Waals surface area contributed by atoms with Crippen LogP contribution in [0.3, 0.4) is 0 Å². The van der Waals surface area contributed by atoms with Gasteiger partial charge in [0.1, 0.15) is 11.2 Å². The molecule has 0 N–H and O–H groups in total. The van der Waals surface area contributed by atoms with Crippen molar-refractivity contribution in [2.24, 2.45) is 0 Å². The molecule has 0 saturated carbocycles. The van der Waals surface area contributed by atoms with Crippen molar-refractivity contribution in [3.05, 3.63) is 182 Å². The second-order valence-corrected chi connectivity index (χ2v) is 13.3. The summed E-state index contributed by atoms with van der Waals surface area (Å²) >= 11 is 0. The molecule has 0 fully saturated rings. The lowest BCUT2D eigenvalue weighted by atomic mass is 10.0. The fourth-order valence-electron chi connectivity index (χ4n) is 8.26. The monoisotopic (exact) mass is 650 g/mol. The summed E-state index contributed by atoms with van der Waals surface area (Å²) in [6.45, 7) is 0.